The van der Waals surface area contributed by atoms with Crippen molar-refractivity contribution in [1.29, 1.82) is 0 Å². The van der Waals surface area contributed by atoms with Crippen LogP contribution in [-0.4, -0.2) is 21.8 Å². The average Bonchev–Trinajstić information content (AvgIpc) is 2.74. The van der Waals surface area contributed by atoms with Crippen LogP contribution < -0.4 is 0 Å². The Hall–Kier alpha value is -1.97. The maximum Gasteiger partial charge on any atom is 0.290 e. The number of hydrogen-bond donors (Lipinski definition) is 3. The Labute approximate surface area is 192 Å². The number of allylic oxidation sites excluding steroid dienone is 2. The fraction of sp³-hybridized carbons (Fsp3) is 0.679. The number of aromatic hydroxyl groups is 2. The van der Waals surface area contributed by atoms with Crippen LogP contribution in [0.4, 0.5) is 0 Å². The second-order valence-corrected chi connectivity index (χ2v) is 11.9. The Morgan fingerprint density at radius 1 is 1.03 bits per heavy atom. The van der Waals surface area contributed by atoms with Crippen LogP contribution >= 0.6 is 0 Å². The molecule has 0 radical (unpaired) electrons. The number of rotatable bonds is 0. The first kappa shape index (κ1) is 23.2. The number of benzene rings is 1. The minimum Gasteiger partial charge on any atom is -0.504 e. The Morgan fingerprint density at radius 3 is 2.41 bits per heavy atom. The molecule has 4 heteroatoms. The van der Waals surface area contributed by atoms with Crippen molar-refractivity contribution in [2.45, 2.75) is 91.4 Å². The van der Waals surface area contributed by atoms with E-state index in [0.717, 1.165) is 36.2 Å². The maximum absolute atomic E-state index is 10.4. The van der Waals surface area contributed by atoms with E-state index in [4.69, 9.17) is 9.90 Å². The summed E-state index contributed by atoms with van der Waals surface area (Å²) >= 11 is 0. The van der Waals surface area contributed by atoms with Crippen molar-refractivity contribution in [3.8, 4) is 11.5 Å². The molecule has 6 atom stereocenters. The van der Waals surface area contributed by atoms with E-state index >= 15 is 0 Å². The summed E-state index contributed by atoms with van der Waals surface area (Å²) in [6.45, 7) is 11.7. The summed E-state index contributed by atoms with van der Waals surface area (Å²) < 4.78 is 0. The lowest BCUT2D eigenvalue weighted by Gasteiger charge is -2.64. The molecule has 4 aliphatic carbocycles. The molecule has 5 rings (SSSR count). The Bertz CT molecular complexity index is 949. The first-order chi connectivity index (χ1) is 15.0. The molecule has 0 aromatic heterocycles. The molecule has 3 N–H and O–H groups in total. The summed E-state index contributed by atoms with van der Waals surface area (Å²) in [5, 5.41) is 27.6. The van der Waals surface area contributed by atoms with Gasteiger partial charge in [-0.15, -0.1) is 0 Å². The second-order valence-electron chi connectivity index (χ2n) is 11.9. The first-order valence-corrected chi connectivity index (χ1v) is 12.4. The van der Waals surface area contributed by atoms with E-state index in [1.165, 1.54) is 49.7 Å². The van der Waals surface area contributed by atoms with Crippen LogP contribution in [0.15, 0.2) is 17.7 Å². The van der Waals surface area contributed by atoms with Gasteiger partial charge < -0.3 is 15.3 Å². The van der Waals surface area contributed by atoms with Crippen molar-refractivity contribution >= 4 is 6.47 Å². The quantitative estimate of drug-likeness (QED) is 0.244. The average molecular weight is 441 g/mol. The number of phenols is 2. The molecule has 1 aromatic rings. The highest BCUT2D eigenvalue weighted by Crippen LogP contribution is 2.68. The molecule has 4 aliphatic rings. The monoisotopic (exact) mass is 440 g/mol. The molecular weight excluding hydrogens is 400 g/mol. The van der Waals surface area contributed by atoms with E-state index in [0.29, 0.717) is 5.41 Å². The third kappa shape index (κ3) is 3.20. The topological polar surface area (TPSA) is 77.8 Å². The summed E-state index contributed by atoms with van der Waals surface area (Å²) in [6.07, 6.45) is 12.8. The Kier molecular flexibility index (Phi) is 5.66. The molecule has 3 saturated carbocycles. The first-order valence-electron chi connectivity index (χ1n) is 12.4. The Morgan fingerprint density at radius 2 is 1.72 bits per heavy atom. The smallest absolute Gasteiger partial charge is 0.290 e. The van der Waals surface area contributed by atoms with Gasteiger partial charge in [0.25, 0.3) is 6.47 Å². The molecule has 3 fully saturated rings. The van der Waals surface area contributed by atoms with E-state index in [9.17, 15) is 10.2 Å². The minimum absolute atomic E-state index is 0.0111. The molecule has 6 unspecified atom stereocenters. The number of phenolic OH excluding ortho intramolecular Hbond substituents is 2. The minimum atomic E-state index is -0.250. The SMILES string of the molecule is Cc1c(O)c(O)cc2c1CC=C1C2(C)CCC2C3CC(C)CCC3(C)CCC12C.O=CO. The third-order valence-electron chi connectivity index (χ3n) is 10.2. The van der Waals surface area contributed by atoms with Crippen LogP contribution in [0.2, 0.25) is 0 Å². The van der Waals surface area contributed by atoms with Crippen LogP contribution in [0.3, 0.4) is 0 Å². The van der Waals surface area contributed by atoms with Gasteiger partial charge in [-0.3, -0.25) is 4.79 Å². The molecule has 0 spiro atoms. The summed E-state index contributed by atoms with van der Waals surface area (Å²) in [5.41, 5.74) is 5.81. The third-order valence-corrected chi connectivity index (χ3v) is 10.2. The van der Waals surface area contributed by atoms with E-state index in [1.54, 1.807) is 5.57 Å². The lowest BCUT2D eigenvalue weighted by atomic mass is 9.41. The highest BCUT2D eigenvalue weighted by atomic mass is 16.3. The zero-order valence-corrected chi connectivity index (χ0v) is 20.4. The van der Waals surface area contributed by atoms with Crippen molar-refractivity contribution in [2.24, 2.45) is 28.6 Å². The van der Waals surface area contributed by atoms with Gasteiger partial charge >= 0.3 is 0 Å². The highest BCUT2D eigenvalue weighted by Gasteiger charge is 2.59. The van der Waals surface area contributed by atoms with Crippen molar-refractivity contribution in [2.75, 3.05) is 0 Å². The van der Waals surface area contributed by atoms with E-state index in [1.807, 2.05) is 13.0 Å². The standard InChI is InChI=1S/C27H38O2.CH2O2/c1-16-8-10-25(3)12-13-27(5)19(21(25)14-16)9-11-26(4)20-15-22(28)24(29)17(2)18(20)6-7-23(26)27;2-1-3/h7,15-16,19,21,28-29H,6,8-14H2,1-5H3;1H,(H,2,3). The van der Waals surface area contributed by atoms with Crippen LogP contribution in [0.25, 0.3) is 0 Å². The maximum atomic E-state index is 10.4. The lowest BCUT2D eigenvalue weighted by molar-refractivity contribution is -0.122. The highest BCUT2D eigenvalue weighted by molar-refractivity contribution is 5.60. The fourth-order valence-corrected chi connectivity index (χ4v) is 8.32. The van der Waals surface area contributed by atoms with Gasteiger partial charge in [0.05, 0.1) is 0 Å². The van der Waals surface area contributed by atoms with Gasteiger partial charge in [0.2, 0.25) is 0 Å². The summed E-state index contributed by atoms with van der Waals surface area (Å²) in [6, 6.07) is 1.88. The van der Waals surface area contributed by atoms with Gasteiger partial charge in [0, 0.05) is 5.41 Å². The molecule has 4 nitrogen and oxygen atoms in total. The van der Waals surface area contributed by atoms with Gasteiger partial charge in [-0.05, 0) is 103 Å². The molecule has 0 amide bonds. The molecule has 0 saturated heterocycles. The van der Waals surface area contributed by atoms with Gasteiger partial charge in [-0.2, -0.15) is 0 Å². The molecule has 32 heavy (non-hydrogen) atoms. The predicted molar refractivity (Wildman–Crippen MR) is 127 cm³/mol. The van der Waals surface area contributed by atoms with Gasteiger partial charge in [0.15, 0.2) is 11.5 Å². The predicted octanol–water partition coefficient (Wildman–Crippen LogP) is 6.50. The number of carbonyl (C=O) groups is 1. The van der Waals surface area contributed by atoms with Crippen LogP contribution in [-0.2, 0) is 16.6 Å². The largest absolute Gasteiger partial charge is 0.504 e. The lowest BCUT2D eigenvalue weighted by Crippen LogP contribution is -2.55. The van der Waals surface area contributed by atoms with E-state index in [2.05, 4.69) is 33.8 Å². The van der Waals surface area contributed by atoms with Crippen molar-refractivity contribution in [3.05, 3.63) is 34.4 Å². The van der Waals surface area contributed by atoms with Crippen molar-refractivity contribution in [3.63, 3.8) is 0 Å². The van der Waals surface area contributed by atoms with Gasteiger partial charge in [-0.1, -0.05) is 45.8 Å². The fourth-order valence-electron chi connectivity index (χ4n) is 8.32. The normalized spacial score (nSPS) is 39.8. The zero-order valence-electron chi connectivity index (χ0n) is 20.4. The van der Waals surface area contributed by atoms with E-state index < -0.39 is 0 Å². The molecule has 0 bridgehead atoms. The number of hydrogen-bond acceptors (Lipinski definition) is 3. The van der Waals surface area contributed by atoms with Gasteiger partial charge in [0.1, 0.15) is 0 Å². The van der Waals surface area contributed by atoms with Crippen LogP contribution in [0, 0.1) is 35.5 Å². The summed E-state index contributed by atoms with van der Waals surface area (Å²) in [4.78, 5) is 8.36. The van der Waals surface area contributed by atoms with Crippen molar-refractivity contribution < 1.29 is 20.1 Å². The molecule has 0 aliphatic heterocycles. The molecule has 176 valence electrons. The summed E-state index contributed by atoms with van der Waals surface area (Å²) in [7, 11) is 0. The van der Waals surface area contributed by atoms with Crippen molar-refractivity contribution in [1.82, 2.24) is 0 Å². The number of carboxylic acid groups (broad SMARTS) is 1. The van der Waals surface area contributed by atoms with Crippen LogP contribution in [0.1, 0.15) is 89.3 Å². The number of fused-ring (bicyclic) bond motifs is 7. The molecule has 1 aromatic carbocycles. The van der Waals surface area contributed by atoms with Crippen LogP contribution in [0.5, 0.6) is 11.5 Å². The second kappa shape index (κ2) is 7.81. The van der Waals surface area contributed by atoms with E-state index in [-0.39, 0.29) is 28.8 Å². The van der Waals surface area contributed by atoms with Gasteiger partial charge in [-0.25, -0.2) is 0 Å². The summed E-state index contributed by atoms with van der Waals surface area (Å²) in [5.74, 6) is 2.62. The molecular formula is C28H40O4. The Balaban J connectivity index is 0.000000775. The molecule has 0 heterocycles. The zero-order chi connectivity index (χ0) is 23.5.